The molecule has 25 heavy (non-hydrogen) atoms. The van der Waals surface area contributed by atoms with Crippen LogP contribution in [-0.4, -0.2) is 110 Å². The minimum Gasteiger partial charge on any atom is -0.394 e. The van der Waals surface area contributed by atoms with Gasteiger partial charge in [-0.15, -0.1) is 0 Å². The molecule has 2 heterocycles. The molecular weight excluding hydrogens is 346 g/mol. The van der Waals surface area contributed by atoms with Gasteiger partial charge in [0.2, 0.25) is 0 Å². The Balaban J connectivity index is 2.12. The van der Waals surface area contributed by atoms with Gasteiger partial charge in [0.25, 0.3) is 0 Å². The topological polar surface area (TPSA) is 218 Å². The van der Waals surface area contributed by atoms with Crippen LogP contribution in [0.1, 0.15) is 0 Å². The first-order chi connectivity index (χ1) is 11.8. The van der Waals surface area contributed by atoms with Gasteiger partial charge in [0.15, 0.2) is 12.6 Å². The molecule has 0 spiro atoms. The zero-order valence-corrected chi connectivity index (χ0v) is 12.9. The van der Waals surface area contributed by atoms with E-state index in [0.717, 1.165) is 0 Å². The Morgan fingerprint density at radius 3 is 1.84 bits per heavy atom. The van der Waals surface area contributed by atoms with Crippen molar-refractivity contribution in [3.8, 4) is 0 Å². The summed E-state index contributed by atoms with van der Waals surface area (Å²) in [5.74, 6) is 0. The zero-order chi connectivity index (χ0) is 18.7. The van der Waals surface area contributed by atoms with Gasteiger partial charge in [-0.05, 0) is 5.53 Å². The predicted molar refractivity (Wildman–Crippen MR) is 75.5 cm³/mol. The van der Waals surface area contributed by atoms with E-state index < -0.39 is 74.6 Å². The van der Waals surface area contributed by atoms with Gasteiger partial charge in [-0.3, -0.25) is 0 Å². The molecule has 2 fully saturated rings. The summed E-state index contributed by atoms with van der Waals surface area (Å²) in [6.07, 6.45) is -14.1. The molecule has 0 aromatic rings. The molecule has 0 radical (unpaired) electrons. The van der Waals surface area contributed by atoms with E-state index in [4.69, 9.17) is 24.8 Å². The van der Waals surface area contributed by atoms with Crippen molar-refractivity contribution < 1.29 is 50.0 Å². The monoisotopic (exact) mass is 367 g/mol. The third kappa shape index (κ3) is 4.02. The van der Waals surface area contributed by atoms with E-state index in [9.17, 15) is 30.6 Å². The fourth-order valence-electron chi connectivity index (χ4n) is 2.69. The lowest BCUT2D eigenvalue weighted by Crippen LogP contribution is -2.63. The van der Waals surface area contributed by atoms with E-state index in [1.165, 1.54) is 0 Å². The highest BCUT2D eigenvalue weighted by atomic mass is 16.8. The number of azide groups is 1. The highest BCUT2D eigenvalue weighted by Crippen LogP contribution is 2.29. The Morgan fingerprint density at radius 1 is 0.800 bits per heavy atom. The van der Waals surface area contributed by atoms with Crippen LogP contribution in [0.3, 0.4) is 0 Å². The number of aliphatic hydroxyl groups is 7. The molecule has 2 aliphatic heterocycles. The molecular formula is C12H21N3O10. The lowest BCUT2D eigenvalue weighted by atomic mass is 9.97. The Morgan fingerprint density at radius 2 is 1.32 bits per heavy atom. The summed E-state index contributed by atoms with van der Waals surface area (Å²) >= 11 is 0. The number of hydrogen-bond acceptors (Lipinski definition) is 11. The van der Waals surface area contributed by atoms with Crippen LogP contribution >= 0.6 is 0 Å². The zero-order valence-electron chi connectivity index (χ0n) is 12.9. The molecule has 2 rings (SSSR count). The summed E-state index contributed by atoms with van der Waals surface area (Å²) < 4.78 is 15.5. The first kappa shape index (κ1) is 20.2. The first-order valence-electron chi connectivity index (χ1n) is 7.48. The van der Waals surface area contributed by atoms with Gasteiger partial charge in [-0.1, -0.05) is 5.11 Å². The summed E-state index contributed by atoms with van der Waals surface area (Å²) in [5, 5.41) is 71.0. The molecule has 0 amide bonds. The number of rotatable bonds is 5. The Kier molecular flexibility index (Phi) is 6.90. The summed E-state index contributed by atoms with van der Waals surface area (Å²) in [5.41, 5.74) is 8.48. The molecule has 0 saturated carbocycles. The predicted octanol–water partition coefficient (Wildman–Crippen LogP) is -4.08. The molecule has 2 aliphatic rings. The van der Waals surface area contributed by atoms with Gasteiger partial charge < -0.3 is 50.0 Å². The molecule has 2 saturated heterocycles. The van der Waals surface area contributed by atoms with Crippen molar-refractivity contribution in [3.05, 3.63) is 10.4 Å². The van der Waals surface area contributed by atoms with E-state index in [-0.39, 0.29) is 0 Å². The first-order valence-corrected chi connectivity index (χ1v) is 7.48. The molecule has 7 N–H and O–H groups in total. The second-order valence-corrected chi connectivity index (χ2v) is 5.74. The van der Waals surface area contributed by atoms with Crippen LogP contribution in [0.2, 0.25) is 0 Å². The summed E-state index contributed by atoms with van der Waals surface area (Å²) in [7, 11) is 0. The number of aliphatic hydroxyl groups excluding tert-OH is 7. The maximum atomic E-state index is 10.0. The van der Waals surface area contributed by atoms with E-state index in [1.54, 1.807) is 0 Å². The Hall–Kier alpha value is -1.09. The minimum atomic E-state index is -1.74. The van der Waals surface area contributed by atoms with Crippen molar-refractivity contribution in [1.29, 1.82) is 0 Å². The van der Waals surface area contributed by atoms with Crippen molar-refractivity contribution >= 4 is 0 Å². The van der Waals surface area contributed by atoms with Crippen LogP contribution in [0, 0.1) is 0 Å². The number of hydrogen-bond donors (Lipinski definition) is 7. The average Bonchev–Trinajstić information content (AvgIpc) is 2.61. The molecule has 0 aromatic heterocycles. The average molecular weight is 367 g/mol. The van der Waals surface area contributed by atoms with E-state index >= 15 is 0 Å². The van der Waals surface area contributed by atoms with Crippen LogP contribution < -0.4 is 0 Å². The molecule has 10 atom stereocenters. The van der Waals surface area contributed by atoms with Crippen molar-refractivity contribution in [3.63, 3.8) is 0 Å². The quantitative estimate of drug-likeness (QED) is 0.141. The highest BCUT2D eigenvalue weighted by molar-refractivity contribution is 4.95. The molecule has 144 valence electrons. The van der Waals surface area contributed by atoms with Gasteiger partial charge in [0.05, 0.1) is 31.5 Å². The fourth-order valence-corrected chi connectivity index (χ4v) is 2.69. The third-order valence-corrected chi connectivity index (χ3v) is 4.15. The maximum Gasteiger partial charge on any atom is 0.189 e. The summed E-state index contributed by atoms with van der Waals surface area (Å²) in [6.45, 7) is -1.35. The van der Waals surface area contributed by atoms with Gasteiger partial charge in [-0.2, -0.15) is 0 Å². The number of nitrogens with zero attached hydrogens (tertiary/aromatic N) is 3. The van der Waals surface area contributed by atoms with E-state index in [0.29, 0.717) is 0 Å². The smallest absolute Gasteiger partial charge is 0.189 e. The fraction of sp³-hybridized carbons (Fsp3) is 1.00. The SMILES string of the molecule is [N-]=[N+]=N[C@H]1[C@H](O)[C@@H](O)[C@@H](OC2OC(CO)C(O)C(O)C2O)O[C@@H]1CO. The largest absolute Gasteiger partial charge is 0.394 e. The van der Waals surface area contributed by atoms with Crippen molar-refractivity contribution in [2.24, 2.45) is 5.11 Å². The van der Waals surface area contributed by atoms with Crippen molar-refractivity contribution in [2.45, 2.75) is 61.3 Å². The minimum absolute atomic E-state index is 0.665. The second kappa shape index (κ2) is 8.53. The van der Waals surface area contributed by atoms with Gasteiger partial charge in [0, 0.05) is 4.91 Å². The molecule has 13 heteroatoms. The number of ether oxygens (including phenoxy) is 3. The molecule has 0 aliphatic carbocycles. The van der Waals surface area contributed by atoms with Crippen molar-refractivity contribution in [2.75, 3.05) is 13.2 Å². The summed E-state index contributed by atoms with van der Waals surface area (Å²) in [6, 6.07) is -1.28. The standard InChI is InChI=1S/C12H21N3O10/c13-15-14-5-3(1-16)23-11(9(21)7(5)19)25-12-10(22)8(20)6(18)4(2-17)24-12/h3-12,16-22H,1-2H2/t3-,4?,5-,6?,7+,8?,9-,10?,11-,12?/m1/s1. The normalized spacial score (nSPS) is 48.0. The Labute approximate surface area is 141 Å². The molecule has 5 unspecified atom stereocenters. The van der Waals surface area contributed by atoms with Gasteiger partial charge in [0.1, 0.15) is 30.5 Å². The molecule has 13 nitrogen and oxygen atoms in total. The second-order valence-electron chi connectivity index (χ2n) is 5.74. The van der Waals surface area contributed by atoms with E-state index in [2.05, 4.69) is 10.0 Å². The molecule has 0 bridgehead atoms. The lowest BCUT2D eigenvalue weighted by molar-refractivity contribution is -0.368. The van der Waals surface area contributed by atoms with Crippen LogP contribution in [0.25, 0.3) is 10.4 Å². The molecule has 0 aromatic carbocycles. The van der Waals surface area contributed by atoms with Gasteiger partial charge in [-0.25, -0.2) is 0 Å². The third-order valence-electron chi connectivity index (χ3n) is 4.15. The van der Waals surface area contributed by atoms with Crippen molar-refractivity contribution in [1.82, 2.24) is 0 Å². The van der Waals surface area contributed by atoms with Crippen LogP contribution in [0.15, 0.2) is 5.11 Å². The van der Waals surface area contributed by atoms with Crippen LogP contribution in [-0.2, 0) is 14.2 Å². The highest BCUT2D eigenvalue weighted by Gasteiger charge is 2.49. The lowest BCUT2D eigenvalue weighted by Gasteiger charge is -2.44. The van der Waals surface area contributed by atoms with E-state index in [1.807, 2.05) is 0 Å². The summed E-state index contributed by atoms with van der Waals surface area (Å²) in [4.78, 5) is 2.50. The Bertz CT molecular complexity index is 488. The van der Waals surface area contributed by atoms with Crippen LogP contribution in [0.5, 0.6) is 0 Å². The van der Waals surface area contributed by atoms with Crippen LogP contribution in [0.4, 0.5) is 0 Å². The van der Waals surface area contributed by atoms with Gasteiger partial charge >= 0.3 is 0 Å². The maximum absolute atomic E-state index is 10.0.